The summed E-state index contributed by atoms with van der Waals surface area (Å²) in [6.07, 6.45) is 0. The molecule has 0 aliphatic carbocycles. The monoisotopic (exact) mass is 176 g/mol. The first-order chi connectivity index (χ1) is 5.15. The molecule has 0 aliphatic heterocycles. The lowest BCUT2D eigenvalue weighted by Gasteiger charge is -2.02. The van der Waals surface area contributed by atoms with Crippen LogP contribution in [0.15, 0.2) is 12.1 Å². The van der Waals surface area contributed by atoms with E-state index < -0.39 is 12.5 Å². The maximum absolute atomic E-state index is 12.6. The number of hydrogen-bond donors (Lipinski definition) is 0. The van der Waals surface area contributed by atoms with Gasteiger partial charge in [0.15, 0.2) is 0 Å². The van der Waals surface area contributed by atoms with Crippen LogP contribution < -0.4 is 0 Å². The fourth-order valence-corrected chi connectivity index (χ4v) is 1.05. The number of aryl methyl sites for hydroxylation is 1. The van der Waals surface area contributed by atoms with Crippen molar-refractivity contribution in [2.75, 3.05) is 0 Å². The Bertz CT molecular complexity index is 271. The van der Waals surface area contributed by atoms with Gasteiger partial charge in [0.25, 0.3) is 0 Å². The van der Waals surface area contributed by atoms with E-state index in [9.17, 15) is 8.78 Å². The third-order valence-corrected chi connectivity index (χ3v) is 1.98. The fraction of sp³-hybridized carbons (Fsp3) is 0.250. The summed E-state index contributed by atoms with van der Waals surface area (Å²) in [6.45, 7) is 0.919. The average molecular weight is 177 g/mol. The Balaban J connectivity index is 3.24. The van der Waals surface area contributed by atoms with Gasteiger partial charge in [-0.2, -0.15) is 0 Å². The minimum Gasteiger partial charge on any atom is -0.246 e. The number of alkyl halides is 1. The SMILES string of the molecule is Cc1cc(F)cc(CF)c1Cl. The fourth-order valence-electron chi connectivity index (χ4n) is 0.892. The smallest absolute Gasteiger partial charge is 0.123 e. The Morgan fingerprint density at radius 3 is 2.64 bits per heavy atom. The lowest BCUT2D eigenvalue weighted by atomic mass is 10.1. The Kier molecular flexibility index (Phi) is 2.45. The normalized spacial score (nSPS) is 10.2. The largest absolute Gasteiger partial charge is 0.246 e. The summed E-state index contributed by atoms with van der Waals surface area (Å²) in [5.74, 6) is -0.445. The third kappa shape index (κ3) is 1.69. The van der Waals surface area contributed by atoms with Crippen LogP contribution in [0.5, 0.6) is 0 Å². The van der Waals surface area contributed by atoms with E-state index in [0.29, 0.717) is 10.6 Å². The van der Waals surface area contributed by atoms with Crippen LogP contribution in [-0.4, -0.2) is 0 Å². The van der Waals surface area contributed by atoms with E-state index >= 15 is 0 Å². The van der Waals surface area contributed by atoms with Gasteiger partial charge in [-0.25, -0.2) is 8.78 Å². The standard InChI is InChI=1S/C8H7ClF2/c1-5-2-7(11)3-6(4-10)8(5)9/h2-3H,4H2,1H3. The molecule has 0 unspecified atom stereocenters. The van der Waals surface area contributed by atoms with Gasteiger partial charge in [0, 0.05) is 10.6 Å². The summed E-state index contributed by atoms with van der Waals surface area (Å²) >= 11 is 5.66. The van der Waals surface area contributed by atoms with E-state index in [0.717, 1.165) is 6.07 Å². The Labute approximate surface area is 68.8 Å². The maximum Gasteiger partial charge on any atom is 0.123 e. The predicted molar refractivity (Wildman–Crippen MR) is 41.0 cm³/mol. The van der Waals surface area contributed by atoms with Crippen LogP contribution in [0.25, 0.3) is 0 Å². The minimum atomic E-state index is -0.725. The van der Waals surface area contributed by atoms with Crippen molar-refractivity contribution in [1.29, 1.82) is 0 Å². The summed E-state index contributed by atoms with van der Waals surface area (Å²) in [7, 11) is 0. The second-order valence-electron chi connectivity index (χ2n) is 2.33. The van der Waals surface area contributed by atoms with Crippen LogP contribution in [0.4, 0.5) is 8.78 Å². The molecular formula is C8H7ClF2. The highest BCUT2D eigenvalue weighted by atomic mass is 35.5. The van der Waals surface area contributed by atoms with Gasteiger partial charge in [0.1, 0.15) is 12.5 Å². The highest BCUT2D eigenvalue weighted by Crippen LogP contribution is 2.22. The third-order valence-electron chi connectivity index (χ3n) is 1.44. The predicted octanol–water partition coefficient (Wildman–Crippen LogP) is 3.26. The highest BCUT2D eigenvalue weighted by molar-refractivity contribution is 6.32. The molecule has 1 aromatic carbocycles. The molecule has 1 aromatic rings. The van der Waals surface area contributed by atoms with Crippen molar-refractivity contribution >= 4 is 11.6 Å². The van der Waals surface area contributed by atoms with Gasteiger partial charge >= 0.3 is 0 Å². The molecule has 0 bridgehead atoms. The molecule has 0 nitrogen and oxygen atoms in total. The van der Waals surface area contributed by atoms with E-state index in [1.54, 1.807) is 6.92 Å². The minimum absolute atomic E-state index is 0.212. The number of halogens is 3. The molecule has 0 spiro atoms. The summed E-state index contributed by atoms with van der Waals surface area (Å²) in [5.41, 5.74) is 0.781. The summed E-state index contributed by atoms with van der Waals surface area (Å²) < 4.78 is 24.7. The molecule has 0 saturated carbocycles. The van der Waals surface area contributed by atoms with Gasteiger partial charge in [0.2, 0.25) is 0 Å². The van der Waals surface area contributed by atoms with E-state index in [2.05, 4.69) is 0 Å². The van der Waals surface area contributed by atoms with Crippen molar-refractivity contribution < 1.29 is 8.78 Å². The zero-order valence-electron chi connectivity index (χ0n) is 6.00. The molecule has 60 valence electrons. The quantitative estimate of drug-likeness (QED) is 0.616. The second kappa shape index (κ2) is 3.18. The van der Waals surface area contributed by atoms with Gasteiger partial charge in [-0.1, -0.05) is 11.6 Å². The first-order valence-corrected chi connectivity index (χ1v) is 3.53. The van der Waals surface area contributed by atoms with E-state index in [1.807, 2.05) is 0 Å². The molecule has 11 heavy (non-hydrogen) atoms. The number of hydrogen-bond acceptors (Lipinski definition) is 0. The molecule has 0 aromatic heterocycles. The van der Waals surface area contributed by atoms with E-state index in [-0.39, 0.29) is 5.56 Å². The number of rotatable bonds is 1. The summed E-state index contributed by atoms with van der Waals surface area (Å²) in [4.78, 5) is 0. The Hall–Kier alpha value is -0.630. The molecule has 3 heteroatoms. The molecule has 0 fully saturated rings. The van der Waals surface area contributed by atoms with Crippen molar-refractivity contribution in [2.45, 2.75) is 13.6 Å². The van der Waals surface area contributed by atoms with Crippen molar-refractivity contribution in [3.63, 3.8) is 0 Å². The molecule has 0 amide bonds. The highest BCUT2D eigenvalue weighted by Gasteiger charge is 2.04. The molecule has 1 rings (SSSR count). The first-order valence-electron chi connectivity index (χ1n) is 3.15. The van der Waals surface area contributed by atoms with Gasteiger partial charge < -0.3 is 0 Å². The summed E-state index contributed by atoms with van der Waals surface area (Å²) in [6, 6.07) is 2.39. The van der Waals surface area contributed by atoms with Crippen LogP contribution in [0.1, 0.15) is 11.1 Å². The molecule has 0 radical (unpaired) electrons. The average Bonchev–Trinajstić information content (AvgIpc) is 1.96. The van der Waals surface area contributed by atoms with Gasteiger partial charge in [0.05, 0.1) is 0 Å². The van der Waals surface area contributed by atoms with Crippen LogP contribution in [0.2, 0.25) is 5.02 Å². The topological polar surface area (TPSA) is 0 Å². The van der Waals surface area contributed by atoms with Gasteiger partial charge in [-0.3, -0.25) is 0 Å². The number of benzene rings is 1. The molecule has 0 atom stereocenters. The van der Waals surface area contributed by atoms with Crippen molar-refractivity contribution in [2.24, 2.45) is 0 Å². The van der Waals surface area contributed by atoms with E-state index in [4.69, 9.17) is 11.6 Å². The van der Waals surface area contributed by atoms with Crippen LogP contribution in [0.3, 0.4) is 0 Å². The Morgan fingerprint density at radius 1 is 1.45 bits per heavy atom. The maximum atomic E-state index is 12.6. The lowest BCUT2D eigenvalue weighted by Crippen LogP contribution is -1.87. The zero-order chi connectivity index (χ0) is 8.43. The van der Waals surface area contributed by atoms with Gasteiger partial charge in [-0.05, 0) is 24.6 Å². The van der Waals surface area contributed by atoms with Crippen molar-refractivity contribution in [3.8, 4) is 0 Å². The summed E-state index contributed by atoms with van der Waals surface area (Å²) in [5, 5.41) is 0.314. The van der Waals surface area contributed by atoms with Crippen LogP contribution in [-0.2, 0) is 6.67 Å². The molecule has 0 aliphatic rings. The van der Waals surface area contributed by atoms with Crippen molar-refractivity contribution in [3.05, 3.63) is 34.1 Å². The molecule has 0 N–H and O–H groups in total. The second-order valence-corrected chi connectivity index (χ2v) is 2.71. The van der Waals surface area contributed by atoms with Crippen LogP contribution in [0, 0.1) is 12.7 Å². The molecule has 0 heterocycles. The van der Waals surface area contributed by atoms with Gasteiger partial charge in [-0.15, -0.1) is 0 Å². The lowest BCUT2D eigenvalue weighted by molar-refractivity contribution is 0.482. The van der Waals surface area contributed by atoms with Crippen molar-refractivity contribution in [1.82, 2.24) is 0 Å². The Morgan fingerprint density at radius 2 is 2.09 bits per heavy atom. The first kappa shape index (κ1) is 8.47. The van der Waals surface area contributed by atoms with E-state index in [1.165, 1.54) is 6.07 Å². The molecule has 0 saturated heterocycles. The molecular weight excluding hydrogens is 170 g/mol. The zero-order valence-corrected chi connectivity index (χ0v) is 6.75. The van der Waals surface area contributed by atoms with Crippen LogP contribution >= 0.6 is 11.6 Å².